The van der Waals surface area contributed by atoms with E-state index in [2.05, 4.69) is 101 Å². The van der Waals surface area contributed by atoms with Crippen molar-refractivity contribution in [3.8, 4) is 0 Å². The van der Waals surface area contributed by atoms with Crippen molar-refractivity contribution in [3.05, 3.63) is 71.8 Å². The Labute approximate surface area is 148 Å². The van der Waals surface area contributed by atoms with Crippen molar-refractivity contribution in [1.82, 2.24) is 0 Å². The van der Waals surface area contributed by atoms with Crippen LogP contribution < -0.4 is 0 Å². The van der Waals surface area contributed by atoms with Gasteiger partial charge in [0.15, 0.2) is 8.32 Å². The smallest absolute Gasteiger partial charge is 0.188 e. The molecule has 1 heterocycles. The van der Waals surface area contributed by atoms with Crippen LogP contribution in [0.2, 0.25) is 19.1 Å². The van der Waals surface area contributed by atoms with Crippen molar-refractivity contribution in [3.63, 3.8) is 0 Å². The summed E-state index contributed by atoms with van der Waals surface area (Å²) in [6.07, 6.45) is 0. The maximum atomic E-state index is 6.71. The van der Waals surface area contributed by atoms with Gasteiger partial charge in [0.25, 0.3) is 0 Å². The van der Waals surface area contributed by atoms with Crippen LogP contribution in [0.15, 0.2) is 60.7 Å². The van der Waals surface area contributed by atoms with Crippen LogP contribution in [-0.4, -0.2) is 13.9 Å². The van der Waals surface area contributed by atoms with Crippen molar-refractivity contribution in [2.24, 2.45) is 5.41 Å². The first-order chi connectivity index (χ1) is 11.1. The second-order valence-electron chi connectivity index (χ2n) is 8.81. The van der Waals surface area contributed by atoms with Gasteiger partial charge in [0, 0.05) is 10.8 Å². The molecule has 0 bridgehead atoms. The third-order valence-corrected chi connectivity index (χ3v) is 8.77. The van der Waals surface area contributed by atoms with E-state index in [-0.39, 0.29) is 16.4 Å². The molecule has 2 heteroatoms. The lowest BCUT2D eigenvalue weighted by molar-refractivity contribution is -0.0765. The Balaban J connectivity index is 2.36. The third kappa shape index (κ3) is 2.48. The van der Waals surface area contributed by atoms with E-state index in [1.807, 2.05) is 0 Å². The fourth-order valence-electron chi connectivity index (χ4n) is 4.77. The highest BCUT2D eigenvalue weighted by Crippen LogP contribution is 2.61. The Kier molecular flexibility index (Phi) is 4.05. The molecule has 0 unspecified atom stereocenters. The number of hydrogen-bond donors (Lipinski definition) is 0. The monoisotopic (exact) mass is 338 g/mol. The van der Waals surface area contributed by atoms with Crippen LogP contribution in [0.1, 0.15) is 38.8 Å². The maximum absolute atomic E-state index is 6.71. The molecule has 1 aliphatic rings. The van der Waals surface area contributed by atoms with Gasteiger partial charge in [-0.05, 0) is 44.1 Å². The van der Waals surface area contributed by atoms with E-state index < -0.39 is 8.32 Å². The van der Waals surface area contributed by atoms with E-state index in [0.717, 1.165) is 6.04 Å². The van der Waals surface area contributed by atoms with Gasteiger partial charge in [-0.3, -0.25) is 0 Å². The summed E-state index contributed by atoms with van der Waals surface area (Å²) in [4.78, 5) is 0. The quantitative estimate of drug-likeness (QED) is 0.609. The van der Waals surface area contributed by atoms with E-state index in [4.69, 9.17) is 4.43 Å². The highest BCUT2D eigenvalue weighted by molar-refractivity contribution is 6.71. The Hall–Kier alpha value is -1.38. The van der Waals surface area contributed by atoms with Crippen LogP contribution in [0.4, 0.5) is 0 Å². The minimum atomic E-state index is -1.82. The standard InChI is InChI=1S/C22H30OSi/c1-20(2)21(3,4)23-24(5,6)17-22(20,18-13-9-7-10-14-18)19-15-11-8-12-16-19/h7-16H,17H2,1-6H3. The number of hydrogen-bond acceptors (Lipinski definition) is 1. The lowest BCUT2D eigenvalue weighted by Gasteiger charge is -2.63. The van der Waals surface area contributed by atoms with Crippen LogP contribution in [-0.2, 0) is 9.84 Å². The molecular weight excluding hydrogens is 308 g/mol. The first-order valence-corrected chi connectivity index (χ1v) is 12.1. The van der Waals surface area contributed by atoms with Gasteiger partial charge in [-0.15, -0.1) is 0 Å². The van der Waals surface area contributed by atoms with Gasteiger partial charge < -0.3 is 4.43 Å². The molecule has 1 nitrogen and oxygen atoms in total. The van der Waals surface area contributed by atoms with Gasteiger partial charge in [0.1, 0.15) is 0 Å². The van der Waals surface area contributed by atoms with Gasteiger partial charge in [0.2, 0.25) is 0 Å². The van der Waals surface area contributed by atoms with Crippen LogP contribution in [0.25, 0.3) is 0 Å². The fourth-order valence-corrected chi connectivity index (χ4v) is 8.60. The van der Waals surface area contributed by atoms with Gasteiger partial charge in [-0.2, -0.15) is 0 Å². The van der Waals surface area contributed by atoms with Gasteiger partial charge in [0.05, 0.1) is 5.60 Å². The minimum absolute atomic E-state index is 0.0347. The predicted octanol–water partition coefficient (Wildman–Crippen LogP) is 6.01. The first kappa shape index (κ1) is 17.4. The summed E-state index contributed by atoms with van der Waals surface area (Å²) < 4.78 is 6.71. The molecule has 3 rings (SSSR count). The maximum Gasteiger partial charge on any atom is 0.188 e. The summed E-state index contributed by atoms with van der Waals surface area (Å²) in [6, 6.07) is 23.2. The number of benzene rings is 2. The highest BCUT2D eigenvalue weighted by atomic mass is 28.4. The Morgan fingerprint density at radius 1 is 0.750 bits per heavy atom. The number of rotatable bonds is 2. The third-order valence-electron chi connectivity index (χ3n) is 6.33. The molecule has 128 valence electrons. The summed E-state index contributed by atoms with van der Waals surface area (Å²) in [6.45, 7) is 14.1. The Morgan fingerprint density at radius 2 is 1.17 bits per heavy atom. The molecular formula is C22H30OSi. The zero-order valence-corrected chi connectivity index (χ0v) is 16.9. The van der Waals surface area contributed by atoms with Crippen LogP contribution in [0.5, 0.6) is 0 Å². The van der Waals surface area contributed by atoms with Crippen molar-refractivity contribution < 1.29 is 4.43 Å². The average Bonchev–Trinajstić information content (AvgIpc) is 2.52. The predicted molar refractivity (Wildman–Crippen MR) is 105 cm³/mol. The molecule has 0 spiro atoms. The van der Waals surface area contributed by atoms with Crippen molar-refractivity contribution in [1.29, 1.82) is 0 Å². The molecule has 0 saturated carbocycles. The molecule has 1 saturated heterocycles. The normalized spacial score (nSPS) is 23.6. The zero-order valence-electron chi connectivity index (χ0n) is 15.9. The van der Waals surface area contributed by atoms with E-state index in [0.29, 0.717) is 0 Å². The summed E-state index contributed by atoms with van der Waals surface area (Å²) in [5.41, 5.74) is 2.57. The molecule has 2 aromatic rings. The van der Waals surface area contributed by atoms with Crippen molar-refractivity contribution in [2.45, 2.75) is 57.8 Å². The van der Waals surface area contributed by atoms with E-state index in [9.17, 15) is 0 Å². The molecule has 0 atom stereocenters. The second kappa shape index (κ2) is 5.57. The van der Waals surface area contributed by atoms with Crippen LogP contribution in [0, 0.1) is 5.41 Å². The molecule has 0 radical (unpaired) electrons. The molecule has 1 aliphatic heterocycles. The molecule has 2 aromatic carbocycles. The van der Waals surface area contributed by atoms with E-state index in [1.165, 1.54) is 11.1 Å². The van der Waals surface area contributed by atoms with Gasteiger partial charge >= 0.3 is 0 Å². The molecule has 0 aromatic heterocycles. The summed E-state index contributed by atoms with van der Waals surface area (Å²) in [5, 5.41) is 0. The summed E-state index contributed by atoms with van der Waals surface area (Å²) >= 11 is 0. The Bertz CT molecular complexity index is 662. The van der Waals surface area contributed by atoms with Crippen molar-refractivity contribution >= 4 is 8.32 Å². The zero-order chi connectivity index (χ0) is 17.6. The largest absolute Gasteiger partial charge is 0.412 e. The first-order valence-electron chi connectivity index (χ1n) is 8.94. The van der Waals surface area contributed by atoms with Crippen LogP contribution >= 0.6 is 0 Å². The fraction of sp³-hybridized carbons (Fsp3) is 0.455. The van der Waals surface area contributed by atoms with E-state index >= 15 is 0 Å². The van der Waals surface area contributed by atoms with Crippen molar-refractivity contribution in [2.75, 3.05) is 0 Å². The SMILES string of the molecule is CC1(C)O[Si](C)(C)CC(c2ccccc2)(c2ccccc2)C1(C)C. The lowest BCUT2D eigenvalue weighted by atomic mass is 9.53. The average molecular weight is 339 g/mol. The lowest BCUT2D eigenvalue weighted by Crippen LogP contribution is -2.66. The topological polar surface area (TPSA) is 9.23 Å². The molecule has 0 amide bonds. The van der Waals surface area contributed by atoms with Gasteiger partial charge in [-0.1, -0.05) is 74.5 Å². The summed E-state index contributed by atoms with van der Waals surface area (Å²) in [7, 11) is -1.82. The highest BCUT2D eigenvalue weighted by Gasteiger charge is 2.62. The Morgan fingerprint density at radius 3 is 1.58 bits per heavy atom. The molecule has 0 N–H and O–H groups in total. The summed E-state index contributed by atoms with van der Waals surface area (Å²) in [5.74, 6) is 0. The molecule has 24 heavy (non-hydrogen) atoms. The molecule has 0 aliphatic carbocycles. The van der Waals surface area contributed by atoms with Crippen LogP contribution in [0.3, 0.4) is 0 Å². The second-order valence-corrected chi connectivity index (χ2v) is 12.9. The van der Waals surface area contributed by atoms with E-state index in [1.54, 1.807) is 0 Å². The van der Waals surface area contributed by atoms with Gasteiger partial charge in [-0.25, -0.2) is 0 Å². The minimum Gasteiger partial charge on any atom is -0.412 e. The molecule has 1 fully saturated rings.